The van der Waals surface area contributed by atoms with Gasteiger partial charge in [0, 0.05) is 13.5 Å². The van der Waals surface area contributed by atoms with Crippen molar-refractivity contribution in [3.8, 4) is 0 Å². The second-order valence-corrected chi connectivity index (χ2v) is 5.23. The maximum atomic E-state index is 11.4. The second-order valence-electron chi connectivity index (χ2n) is 3.77. The van der Waals surface area contributed by atoms with E-state index in [1.54, 1.807) is 0 Å². The number of nitrogens with two attached hydrogens (primary N) is 1. The van der Waals surface area contributed by atoms with Crippen molar-refractivity contribution >= 4 is 19.8 Å². The molecule has 0 aromatic rings. The van der Waals surface area contributed by atoms with Crippen LogP contribution < -0.4 is 5.73 Å². The van der Waals surface area contributed by atoms with E-state index in [-0.39, 0.29) is 26.2 Å². The average Bonchev–Trinajstić information content (AvgIpc) is 2.40. The standard InChI is InChI=1S/C10H20NO9P/c1-8(13)17-6-9(20-10(14)2-4-12)7-19-21(15,16)18-5-3-11/h9,12H,2-7,11H2,1H3,(H,15,16)/t9-/m1/s1. The van der Waals surface area contributed by atoms with Gasteiger partial charge in [0.1, 0.15) is 6.61 Å². The van der Waals surface area contributed by atoms with Crippen molar-refractivity contribution in [2.75, 3.05) is 33.0 Å². The Bertz CT molecular complexity index is 376. The van der Waals surface area contributed by atoms with Gasteiger partial charge >= 0.3 is 19.8 Å². The third-order valence-corrected chi connectivity index (χ3v) is 2.87. The van der Waals surface area contributed by atoms with E-state index in [0.717, 1.165) is 6.92 Å². The monoisotopic (exact) mass is 329 g/mol. The van der Waals surface area contributed by atoms with Crippen LogP contribution in [0.15, 0.2) is 0 Å². The number of phosphoric acid groups is 1. The van der Waals surface area contributed by atoms with Crippen molar-refractivity contribution in [1.82, 2.24) is 0 Å². The molecule has 0 radical (unpaired) electrons. The number of carbonyl (C=O) groups is 2. The third kappa shape index (κ3) is 11.3. The molecule has 0 spiro atoms. The zero-order valence-corrected chi connectivity index (χ0v) is 12.5. The van der Waals surface area contributed by atoms with Gasteiger partial charge in [-0.05, 0) is 0 Å². The molecule has 0 fully saturated rings. The van der Waals surface area contributed by atoms with Crippen molar-refractivity contribution in [2.45, 2.75) is 19.4 Å². The zero-order valence-electron chi connectivity index (χ0n) is 11.6. The molecule has 0 saturated carbocycles. The van der Waals surface area contributed by atoms with Gasteiger partial charge in [-0.2, -0.15) is 0 Å². The van der Waals surface area contributed by atoms with E-state index in [0.29, 0.717) is 0 Å². The fourth-order valence-corrected chi connectivity index (χ4v) is 1.81. The van der Waals surface area contributed by atoms with Crippen molar-refractivity contribution in [2.24, 2.45) is 5.73 Å². The average molecular weight is 329 g/mol. The summed E-state index contributed by atoms with van der Waals surface area (Å²) in [6.07, 6.45) is -1.37. The minimum absolute atomic E-state index is 0.0241. The van der Waals surface area contributed by atoms with E-state index < -0.39 is 39.1 Å². The Labute approximate surface area is 121 Å². The molecule has 0 bridgehead atoms. The largest absolute Gasteiger partial charge is 0.472 e. The predicted octanol–water partition coefficient (Wildman–Crippen LogP) is -1.06. The van der Waals surface area contributed by atoms with E-state index in [4.69, 9.17) is 15.6 Å². The topological polar surface area (TPSA) is 155 Å². The lowest BCUT2D eigenvalue weighted by molar-refractivity contribution is -0.160. The Morgan fingerprint density at radius 2 is 1.95 bits per heavy atom. The molecule has 0 aliphatic heterocycles. The summed E-state index contributed by atoms with van der Waals surface area (Å²) >= 11 is 0. The Balaban J connectivity index is 4.40. The normalized spacial score (nSPS) is 15.0. The summed E-state index contributed by atoms with van der Waals surface area (Å²) in [6, 6.07) is 0. The number of hydrogen-bond donors (Lipinski definition) is 3. The fraction of sp³-hybridized carbons (Fsp3) is 0.800. The molecule has 4 N–H and O–H groups in total. The van der Waals surface area contributed by atoms with Crippen molar-refractivity contribution in [3.63, 3.8) is 0 Å². The van der Waals surface area contributed by atoms with Gasteiger partial charge in [-0.15, -0.1) is 0 Å². The fourth-order valence-electron chi connectivity index (χ4n) is 1.05. The molecule has 11 heteroatoms. The molecule has 0 aliphatic rings. The second kappa shape index (κ2) is 10.7. The van der Waals surface area contributed by atoms with Gasteiger partial charge in [-0.3, -0.25) is 18.6 Å². The van der Waals surface area contributed by atoms with Crippen LogP contribution in [0.25, 0.3) is 0 Å². The zero-order chi connectivity index (χ0) is 16.3. The van der Waals surface area contributed by atoms with Crippen LogP contribution in [0.1, 0.15) is 13.3 Å². The first kappa shape index (κ1) is 20.0. The van der Waals surface area contributed by atoms with Gasteiger partial charge in [0.25, 0.3) is 0 Å². The molecule has 2 atom stereocenters. The molecule has 0 saturated heterocycles. The summed E-state index contributed by atoms with van der Waals surface area (Å²) in [6.45, 7) is -0.317. The van der Waals surface area contributed by atoms with Crippen LogP contribution >= 0.6 is 7.82 Å². The molecule has 124 valence electrons. The molecule has 0 rings (SSSR count). The Morgan fingerprint density at radius 3 is 2.48 bits per heavy atom. The van der Waals surface area contributed by atoms with Crippen LogP contribution in [0.4, 0.5) is 0 Å². The molecular formula is C10H20NO9P. The van der Waals surface area contributed by atoms with Gasteiger partial charge in [0.15, 0.2) is 6.10 Å². The molecule has 1 unspecified atom stereocenters. The van der Waals surface area contributed by atoms with Crippen LogP contribution in [0.2, 0.25) is 0 Å². The Kier molecular flexibility index (Phi) is 10.1. The van der Waals surface area contributed by atoms with E-state index in [2.05, 4.69) is 13.8 Å². The number of carbonyl (C=O) groups excluding carboxylic acids is 2. The number of aliphatic hydroxyl groups excluding tert-OH is 1. The van der Waals surface area contributed by atoms with Crippen LogP contribution in [0.5, 0.6) is 0 Å². The minimum atomic E-state index is -4.33. The van der Waals surface area contributed by atoms with Gasteiger partial charge < -0.3 is 25.2 Å². The van der Waals surface area contributed by atoms with Crippen molar-refractivity contribution in [3.05, 3.63) is 0 Å². The molecule has 0 aromatic carbocycles. The number of phosphoric ester groups is 1. The van der Waals surface area contributed by atoms with Crippen LogP contribution in [0.3, 0.4) is 0 Å². The maximum Gasteiger partial charge on any atom is 0.472 e. The van der Waals surface area contributed by atoms with Gasteiger partial charge in [0.2, 0.25) is 0 Å². The SMILES string of the molecule is CC(=O)OC[C@H](COP(=O)(O)OCCN)OC(=O)CCO. The number of rotatable bonds is 11. The summed E-state index contributed by atoms with van der Waals surface area (Å²) < 4.78 is 30.0. The summed E-state index contributed by atoms with van der Waals surface area (Å²) in [7, 11) is -4.33. The first-order valence-corrected chi connectivity index (χ1v) is 7.56. The third-order valence-electron chi connectivity index (χ3n) is 1.88. The van der Waals surface area contributed by atoms with E-state index in [9.17, 15) is 19.0 Å². The molecular weight excluding hydrogens is 309 g/mol. The highest BCUT2D eigenvalue weighted by Crippen LogP contribution is 2.42. The van der Waals surface area contributed by atoms with Gasteiger partial charge in [0.05, 0.1) is 26.2 Å². The predicted molar refractivity (Wildman–Crippen MR) is 69.0 cm³/mol. The smallest absolute Gasteiger partial charge is 0.462 e. The molecule has 0 aliphatic carbocycles. The number of ether oxygens (including phenoxy) is 2. The summed E-state index contributed by atoms with van der Waals surface area (Å²) in [5.74, 6) is -1.39. The molecule has 21 heavy (non-hydrogen) atoms. The van der Waals surface area contributed by atoms with E-state index in [1.807, 2.05) is 0 Å². The van der Waals surface area contributed by atoms with Gasteiger partial charge in [-0.1, -0.05) is 0 Å². The Morgan fingerprint density at radius 1 is 1.29 bits per heavy atom. The van der Waals surface area contributed by atoms with Crippen LogP contribution in [-0.4, -0.2) is 61.0 Å². The summed E-state index contributed by atoms with van der Waals surface area (Å²) in [4.78, 5) is 31.2. The number of aliphatic hydroxyl groups is 1. The van der Waals surface area contributed by atoms with E-state index >= 15 is 0 Å². The highest BCUT2D eigenvalue weighted by atomic mass is 31.2. The lowest BCUT2D eigenvalue weighted by Gasteiger charge is -2.19. The first-order valence-electron chi connectivity index (χ1n) is 6.06. The number of esters is 2. The van der Waals surface area contributed by atoms with Crippen molar-refractivity contribution < 1.29 is 42.7 Å². The molecule has 0 aromatic heterocycles. The summed E-state index contributed by atoms with van der Waals surface area (Å²) in [5, 5.41) is 8.59. The molecule has 0 amide bonds. The first-order chi connectivity index (χ1) is 9.80. The maximum absolute atomic E-state index is 11.4. The number of hydrogen-bond acceptors (Lipinski definition) is 9. The summed E-state index contributed by atoms with van der Waals surface area (Å²) in [5.41, 5.74) is 5.11. The quantitative estimate of drug-likeness (QED) is 0.315. The highest BCUT2D eigenvalue weighted by Gasteiger charge is 2.25. The van der Waals surface area contributed by atoms with Gasteiger partial charge in [-0.25, -0.2) is 4.57 Å². The lowest BCUT2D eigenvalue weighted by atomic mass is 10.4. The minimum Gasteiger partial charge on any atom is -0.462 e. The molecule has 10 nitrogen and oxygen atoms in total. The van der Waals surface area contributed by atoms with Crippen LogP contribution in [0, 0.1) is 0 Å². The highest BCUT2D eigenvalue weighted by molar-refractivity contribution is 7.47. The lowest BCUT2D eigenvalue weighted by Crippen LogP contribution is -2.29. The molecule has 0 heterocycles. The van der Waals surface area contributed by atoms with E-state index in [1.165, 1.54) is 0 Å². The Hall–Kier alpha value is -1.03. The van der Waals surface area contributed by atoms with Crippen molar-refractivity contribution in [1.29, 1.82) is 0 Å². The van der Waals surface area contributed by atoms with Crippen LogP contribution in [-0.2, 0) is 32.7 Å².